The van der Waals surface area contributed by atoms with E-state index >= 15 is 0 Å². The Bertz CT molecular complexity index is 103. The molecule has 16 heavy (non-hydrogen) atoms. The first-order valence-electron chi connectivity index (χ1n) is 5.81. The van der Waals surface area contributed by atoms with Crippen LogP contribution in [-0.2, 0) is 0 Å². The summed E-state index contributed by atoms with van der Waals surface area (Å²) in [4.78, 5) is 0. The number of unbranched alkanes of at least 4 members (excludes halogenated alkanes) is 2. The number of aliphatic hydroxyl groups excluding tert-OH is 5. The summed E-state index contributed by atoms with van der Waals surface area (Å²) in [5.41, 5.74) is 0. The maximum absolute atomic E-state index is 8.51. The van der Waals surface area contributed by atoms with Crippen LogP contribution >= 0.6 is 0 Å². The van der Waals surface area contributed by atoms with E-state index in [0.717, 1.165) is 19.3 Å². The van der Waals surface area contributed by atoms with Gasteiger partial charge in [0.15, 0.2) is 0 Å². The third kappa shape index (κ3) is 16.2. The Morgan fingerprint density at radius 3 is 1.31 bits per heavy atom. The molecule has 0 aliphatic carbocycles. The molecule has 0 saturated carbocycles. The second-order valence-corrected chi connectivity index (χ2v) is 3.60. The van der Waals surface area contributed by atoms with Crippen LogP contribution < -0.4 is 0 Å². The molecule has 0 amide bonds. The van der Waals surface area contributed by atoms with Crippen LogP contribution in [0.1, 0.15) is 32.1 Å². The van der Waals surface area contributed by atoms with Crippen molar-refractivity contribution in [3.63, 3.8) is 0 Å². The summed E-state index contributed by atoms with van der Waals surface area (Å²) < 4.78 is 0. The van der Waals surface area contributed by atoms with Gasteiger partial charge in [-0.2, -0.15) is 0 Å². The fourth-order valence-electron chi connectivity index (χ4n) is 1.02. The smallest absolute Gasteiger partial charge is 0.0481 e. The van der Waals surface area contributed by atoms with Crippen molar-refractivity contribution in [1.29, 1.82) is 0 Å². The first kappa shape index (κ1) is 18.2. The highest BCUT2D eigenvalue weighted by atomic mass is 16.3. The second-order valence-electron chi connectivity index (χ2n) is 3.60. The molecule has 0 aromatic heterocycles. The quantitative estimate of drug-likeness (QED) is 0.349. The van der Waals surface area contributed by atoms with E-state index in [1.807, 2.05) is 0 Å². The molecule has 5 nitrogen and oxygen atoms in total. The van der Waals surface area contributed by atoms with Crippen molar-refractivity contribution in [3.8, 4) is 0 Å². The largest absolute Gasteiger partial charge is 0.396 e. The van der Waals surface area contributed by atoms with E-state index in [9.17, 15) is 0 Å². The number of hydrogen-bond donors (Lipinski definition) is 5. The highest BCUT2D eigenvalue weighted by Crippen LogP contribution is 2.02. The van der Waals surface area contributed by atoms with E-state index in [4.69, 9.17) is 25.5 Å². The monoisotopic (exact) mass is 238 g/mol. The van der Waals surface area contributed by atoms with Crippen molar-refractivity contribution in [2.75, 3.05) is 33.0 Å². The third-order valence-electron chi connectivity index (χ3n) is 2.10. The van der Waals surface area contributed by atoms with Crippen LogP contribution in [0.5, 0.6) is 0 Å². The van der Waals surface area contributed by atoms with Gasteiger partial charge in [-0.3, -0.25) is 0 Å². The molecule has 0 atom stereocenters. The summed E-state index contributed by atoms with van der Waals surface area (Å²) in [5.74, 6) is -0.0443. The molecule has 0 aromatic carbocycles. The number of aliphatic hydroxyl groups is 5. The van der Waals surface area contributed by atoms with Gasteiger partial charge in [-0.15, -0.1) is 0 Å². The van der Waals surface area contributed by atoms with Gasteiger partial charge in [0.25, 0.3) is 0 Å². The highest BCUT2D eigenvalue weighted by Gasteiger charge is 2.03. The van der Waals surface area contributed by atoms with Crippen molar-refractivity contribution >= 4 is 0 Å². The Balaban J connectivity index is 0. The van der Waals surface area contributed by atoms with Gasteiger partial charge in [-0.05, 0) is 32.1 Å². The first-order chi connectivity index (χ1) is 7.76. The second kappa shape index (κ2) is 17.2. The Labute approximate surface area is 97.4 Å². The third-order valence-corrected chi connectivity index (χ3v) is 2.10. The molecule has 5 N–H and O–H groups in total. The molecule has 0 bridgehead atoms. The molecule has 0 rings (SSSR count). The van der Waals surface area contributed by atoms with E-state index in [2.05, 4.69) is 0 Å². The standard InChI is InChI=1S/C6H14O3.C5H12O2/c7-3-1-2-6(4-8)5-9;6-4-2-1-3-5-7/h6-9H,1-5H2;6-7H,1-5H2. The first-order valence-corrected chi connectivity index (χ1v) is 5.81. The average Bonchev–Trinajstić information content (AvgIpc) is 2.32. The predicted molar refractivity (Wildman–Crippen MR) is 62.0 cm³/mol. The molecular weight excluding hydrogens is 212 g/mol. The molecule has 0 saturated heterocycles. The molecule has 0 aromatic rings. The lowest BCUT2D eigenvalue weighted by Crippen LogP contribution is -2.11. The fourth-order valence-corrected chi connectivity index (χ4v) is 1.02. The zero-order valence-corrected chi connectivity index (χ0v) is 9.88. The van der Waals surface area contributed by atoms with Crippen LogP contribution in [0.25, 0.3) is 0 Å². The summed E-state index contributed by atoms with van der Waals surface area (Å²) in [6.45, 7) is 0.656. The van der Waals surface area contributed by atoms with Gasteiger partial charge >= 0.3 is 0 Å². The van der Waals surface area contributed by atoms with Gasteiger partial charge in [-0.1, -0.05) is 0 Å². The summed E-state index contributed by atoms with van der Waals surface area (Å²) in [7, 11) is 0. The fraction of sp³-hybridized carbons (Fsp3) is 1.00. The lowest BCUT2D eigenvalue weighted by Gasteiger charge is -2.07. The van der Waals surface area contributed by atoms with Gasteiger partial charge in [0.1, 0.15) is 0 Å². The molecule has 0 heterocycles. The average molecular weight is 238 g/mol. The SMILES string of the molecule is OCCCC(CO)CO.OCCCCCO. The maximum Gasteiger partial charge on any atom is 0.0481 e. The molecule has 5 heteroatoms. The van der Waals surface area contributed by atoms with Crippen LogP contribution in [0.2, 0.25) is 0 Å². The molecule has 0 spiro atoms. The van der Waals surface area contributed by atoms with Crippen LogP contribution in [0, 0.1) is 5.92 Å². The Hall–Kier alpha value is -0.200. The Kier molecular flexibility index (Phi) is 19.5. The molecule has 0 aliphatic heterocycles. The summed E-state index contributed by atoms with van der Waals surface area (Å²) in [6.07, 6.45) is 3.93. The Morgan fingerprint density at radius 2 is 1.00 bits per heavy atom. The van der Waals surface area contributed by atoms with E-state index in [-0.39, 0.29) is 39.0 Å². The summed E-state index contributed by atoms with van der Waals surface area (Å²) in [5, 5.41) is 41.8. The molecule has 0 aliphatic rings. The number of hydrogen-bond acceptors (Lipinski definition) is 5. The van der Waals surface area contributed by atoms with E-state index in [1.165, 1.54) is 0 Å². The zero-order chi connectivity index (χ0) is 12.6. The normalized spacial score (nSPS) is 10.1. The van der Waals surface area contributed by atoms with Gasteiger partial charge in [0.2, 0.25) is 0 Å². The number of rotatable bonds is 9. The van der Waals surface area contributed by atoms with Gasteiger partial charge in [0.05, 0.1) is 0 Å². The molecular formula is C11H26O5. The summed E-state index contributed by atoms with van der Waals surface area (Å²) >= 11 is 0. The highest BCUT2D eigenvalue weighted by molar-refractivity contribution is 4.53. The van der Waals surface area contributed by atoms with Gasteiger partial charge in [0, 0.05) is 39.0 Å². The van der Waals surface area contributed by atoms with Crippen LogP contribution in [0.15, 0.2) is 0 Å². The predicted octanol–water partition coefficient (Wildman–Crippen LogP) is -0.499. The van der Waals surface area contributed by atoms with Gasteiger partial charge < -0.3 is 25.5 Å². The topological polar surface area (TPSA) is 101 Å². The van der Waals surface area contributed by atoms with E-state index in [1.54, 1.807) is 0 Å². The molecule has 0 radical (unpaired) electrons. The molecule has 0 fully saturated rings. The molecule has 100 valence electrons. The van der Waals surface area contributed by atoms with Crippen molar-refractivity contribution < 1.29 is 25.5 Å². The zero-order valence-electron chi connectivity index (χ0n) is 9.88. The van der Waals surface area contributed by atoms with Gasteiger partial charge in [-0.25, -0.2) is 0 Å². The van der Waals surface area contributed by atoms with Crippen molar-refractivity contribution in [1.82, 2.24) is 0 Å². The van der Waals surface area contributed by atoms with E-state index < -0.39 is 0 Å². The Morgan fingerprint density at radius 1 is 0.562 bits per heavy atom. The van der Waals surface area contributed by atoms with Crippen molar-refractivity contribution in [3.05, 3.63) is 0 Å². The summed E-state index contributed by atoms with van der Waals surface area (Å²) in [6, 6.07) is 0. The minimum atomic E-state index is -0.0443. The lowest BCUT2D eigenvalue weighted by atomic mass is 10.1. The lowest BCUT2D eigenvalue weighted by molar-refractivity contribution is 0.136. The molecule has 0 unspecified atom stereocenters. The van der Waals surface area contributed by atoms with Crippen molar-refractivity contribution in [2.45, 2.75) is 32.1 Å². The van der Waals surface area contributed by atoms with Crippen LogP contribution in [0.3, 0.4) is 0 Å². The van der Waals surface area contributed by atoms with E-state index in [0.29, 0.717) is 12.8 Å². The maximum atomic E-state index is 8.51. The minimum absolute atomic E-state index is 0.0104. The minimum Gasteiger partial charge on any atom is -0.396 e. The van der Waals surface area contributed by atoms with Crippen LogP contribution in [-0.4, -0.2) is 58.6 Å². The van der Waals surface area contributed by atoms with Crippen LogP contribution in [0.4, 0.5) is 0 Å². The van der Waals surface area contributed by atoms with Crippen molar-refractivity contribution in [2.24, 2.45) is 5.92 Å².